The summed E-state index contributed by atoms with van der Waals surface area (Å²) in [5.41, 5.74) is 1.80. The lowest BCUT2D eigenvalue weighted by atomic mass is 9.98. The van der Waals surface area contributed by atoms with Crippen molar-refractivity contribution >= 4 is 26.5 Å². The second-order valence-corrected chi connectivity index (χ2v) is 10.9. The van der Waals surface area contributed by atoms with Crippen molar-refractivity contribution in [3.63, 3.8) is 0 Å². The van der Waals surface area contributed by atoms with Gasteiger partial charge in [0.2, 0.25) is 0 Å². The molecule has 0 aliphatic heterocycles. The van der Waals surface area contributed by atoms with Crippen molar-refractivity contribution < 1.29 is 18.7 Å². The summed E-state index contributed by atoms with van der Waals surface area (Å²) >= 11 is 0. The van der Waals surface area contributed by atoms with Crippen molar-refractivity contribution in [1.82, 2.24) is 0 Å². The van der Waals surface area contributed by atoms with Crippen molar-refractivity contribution in [3.8, 4) is 10.6 Å². The molecule has 0 N–H and O–H groups in total. The Morgan fingerprint density at radius 3 is 2.24 bits per heavy atom. The maximum absolute atomic E-state index is 13.2. The number of carbonyl (C=O) groups excluding carboxylic acids is 1. The largest absolute Gasteiger partial charge is 0.481 e. The van der Waals surface area contributed by atoms with E-state index in [2.05, 4.69) is 49.4 Å². The monoisotopic (exact) mass is 463 g/mol. The maximum Gasteiger partial charge on any atom is 0.345 e. The minimum absolute atomic E-state index is 0.101. The molecule has 1 atom stereocenters. The van der Waals surface area contributed by atoms with Crippen molar-refractivity contribution in [2.45, 2.75) is 40.2 Å². The fraction of sp³-hybridized carbons (Fsp3) is 0.250. The van der Waals surface area contributed by atoms with Crippen molar-refractivity contribution in [3.05, 3.63) is 94.1 Å². The molecule has 0 aliphatic rings. The van der Waals surface area contributed by atoms with Crippen LogP contribution in [0.5, 0.6) is 5.75 Å². The highest BCUT2D eigenvalue weighted by atomic mass is 32.2. The molecule has 0 aliphatic carbocycles. The van der Waals surface area contributed by atoms with E-state index in [-0.39, 0.29) is 22.9 Å². The van der Waals surface area contributed by atoms with E-state index < -0.39 is 11.6 Å². The van der Waals surface area contributed by atoms with Gasteiger partial charge in [0.05, 0.1) is 0 Å². The lowest BCUT2D eigenvalue weighted by molar-refractivity contribution is -0.159. The minimum Gasteiger partial charge on any atom is -0.481 e. The van der Waals surface area contributed by atoms with Crippen LogP contribution in [0.4, 0.5) is 4.39 Å². The number of esters is 1. The molecule has 1 aromatic heterocycles. The van der Waals surface area contributed by atoms with Gasteiger partial charge in [0.15, 0.2) is 21.1 Å². The van der Waals surface area contributed by atoms with Gasteiger partial charge in [0, 0.05) is 41.0 Å². The van der Waals surface area contributed by atoms with Crippen LogP contribution in [0.1, 0.15) is 35.4 Å². The van der Waals surface area contributed by atoms with Gasteiger partial charge in [-0.1, -0.05) is 24.3 Å². The van der Waals surface area contributed by atoms with Crippen LogP contribution in [0.25, 0.3) is 15.0 Å². The molecular weight excluding hydrogens is 435 g/mol. The number of thiophene rings is 1. The number of hydrogen-bond donors (Lipinski definition) is 0. The highest BCUT2D eigenvalue weighted by Crippen LogP contribution is 2.45. The first kappa shape index (κ1) is 23.0. The molecule has 4 aromatic rings. The molecule has 170 valence electrons. The van der Waals surface area contributed by atoms with E-state index in [0.29, 0.717) is 5.75 Å². The zero-order valence-electron chi connectivity index (χ0n) is 19.6. The highest BCUT2D eigenvalue weighted by Gasteiger charge is 2.26. The lowest BCUT2D eigenvalue weighted by Crippen LogP contribution is -2.28. The number of hydrogen-bond acceptors (Lipinski definition) is 3. The van der Waals surface area contributed by atoms with Crippen LogP contribution in [0.2, 0.25) is 0 Å². The van der Waals surface area contributed by atoms with E-state index in [9.17, 15) is 9.18 Å². The predicted octanol–water partition coefficient (Wildman–Crippen LogP) is 7.50. The quantitative estimate of drug-likeness (QED) is 0.219. The van der Waals surface area contributed by atoms with Crippen LogP contribution >= 0.6 is 10.5 Å². The van der Waals surface area contributed by atoms with E-state index in [1.807, 2.05) is 13.8 Å². The van der Waals surface area contributed by atoms with Gasteiger partial charge in [-0.15, -0.1) is 0 Å². The number of aryl methyl sites for hydroxylation is 3. The molecule has 3 aromatic carbocycles. The molecule has 1 unspecified atom stereocenters. The molecule has 5 heteroatoms. The van der Waals surface area contributed by atoms with Gasteiger partial charge in [-0.3, -0.25) is 0 Å². The van der Waals surface area contributed by atoms with E-state index in [1.165, 1.54) is 32.0 Å². The lowest BCUT2D eigenvalue weighted by Gasteiger charge is -2.25. The fourth-order valence-electron chi connectivity index (χ4n) is 4.16. The Balaban J connectivity index is 1.50. The number of benzene rings is 3. The van der Waals surface area contributed by atoms with Crippen LogP contribution in [-0.4, -0.2) is 12.6 Å². The molecule has 0 spiro atoms. The first-order valence-corrected chi connectivity index (χ1v) is 12.1. The van der Waals surface area contributed by atoms with Gasteiger partial charge < -0.3 is 9.47 Å². The third-order valence-corrected chi connectivity index (χ3v) is 8.01. The number of ether oxygens (including phenoxy) is 2. The second kappa shape index (κ2) is 8.99. The van der Waals surface area contributed by atoms with Gasteiger partial charge in [-0.2, -0.15) is 0 Å². The molecule has 0 radical (unpaired) electrons. The highest BCUT2D eigenvalue weighted by molar-refractivity contribution is 7.45. The summed E-state index contributed by atoms with van der Waals surface area (Å²) in [6, 6.07) is 21.0. The van der Waals surface area contributed by atoms with Crippen molar-refractivity contribution in [2.75, 3.05) is 6.61 Å². The Morgan fingerprint density at radius 2 is 1.58 bits per heavy atom. The molecule has 0 saturated carbocycles. The van der Waals surface area contributed by atoms with Crippen LogP contribution in [0.15, 0.2) is 66.7 Å². The van der Waals surface area contributed by atoms with Crippen molar-refractivity contribution in [1.29, 1.82) is 0 Å². The topological polar surface area (TPSA) is 35.5 Å². The van der Waals surface area contributed by atoms with Gasteiger partial charge >= 0.3 is 5.97 Å². The summed E-state index contributed by atoms with van der Waals surface area (Å²) < 4.78 is 26.1. The molecule has 1 heterocycles. The number of rotatable bonds is 6. The summed E-state index contributed by atoms with van der Waals surface area (Å²) in [5.74, 6) is -0.100. The molecule has 0 fully saturated rings. The molecule has 0 saturated heterocycles. The Morgan fingerprint density at radius 1 is 0.939 bits per heavy atom. The zero-order valence-corrected chi connectivity index (χ0v) is 20.4. The van der Waals surface area contributed by atoms with E-state index in [0.717, 1.165) is 16.7 Å². The van der Waals surface area contributed by atoms with Crippen LogP contribution in [0.3, 0.4) is 0 Å². The Bertz CT molecular complexity index is 1300. The standard InChI is InChI=1S/C28H28FO3S/c1-18-14-24(33-20(3)16-21-8-6-7-9-25(21)33)15-19(2)27(18)31-17-26(30)32-28(4,5)22-10-12-23(29)13-11-22/h6-16H,17H2,1-5H3/q+1. The molecule has 4 rings (SSSR count). The predicted molar refractivity (Wildman–Crippen MR) is 133 cm³/mol. The summed E-state index contributed by atoms with van der Waals surface area (Å²) in [5, 5.41) is 1.28. The Kier molecular flexibility index (Phi) is 6.26. The fourth-order valence-corrected chi connectivity index (χ4v) is 6.55. The van der Waals surface area contributed by atoms with Crippen LogP contribution in [-0.2, 0) is 15.1 Å². The third kappa shape index (κ3) is 4.79. The zero-order chi connectivity index (χ0) is 23.8. The van der Waals surface area contributed by atoms with Gasteiger partial charge in [-0.25, -0.2) is 9.18 Å². The number of carbonyl (C=O) groups is 1. The minimum atomic E-state index is -0.886. The number of halogens is 1. The normalized spacial score (nSPS) is 12.1. The first-order chi connectivity index (χ1) is 15.7. The van der Waals surface area contributed by atoms with E-state index in [4.69, 9.17) is 9.47 Å². The van der Waals surface area contributed by atoms with Gasteiger partial charge in [-0.05, 0) is 68.7 Å². The maximum atomic E-state index is 13.2. The first-order valence-electron chi connectivity index (χ1n) is 10.9. The summed E-state index contributed by atoms with van der Waals surface area (Å²) in [7, 11) is -0.101. The van der Waals surface area contributed by atoms with E-state index in [1.54, 1.807) is 26.0 Å². The molecule has 0 amide bonds. The van der Waals surface area contributed by atoms with E-state index >= 15 is 0 Å². The molecule has 3 nitrogen and oxygen atoms in total. The molecule has 33 heavy (non-hydrogen) atoms. The van der Waals surface area contributed by atoms with Crippen LogP contribution < -0.4 is 4.74 Å². The van der Waals surface area contributed by atoms with Crippen LogP contribution in [0, 0.1) is 26.6 Å². The summed E-state index contributed by atoms with van der Waals surface area (Å²) in [4.78, 5) is 15.1. The SMILES string of the molecule is Cc1cc(-[s+]2c(C)cc3ccccc32)cc(C)c1OCC(=O)OC(C)(C)c1ccc(F)cc1. The van der Waals surface area contributed by atoms with Gasteiger partial charge in [0.25, 0.3) is 0 Å². The number of fused-ring (bicyclic) bond motifs is 1. The molecular formula is C28H28FO3S+. The van der Waals surface area contributed by atoms with Gasteiger partial charge in [0.1, 0.15) is 17.2 Å². The third-order valence-electron chi connectivity index (χ3n) is 5.73. The Hall–Kier alpha value is -3.18. The summed E-state index contributed by atoms with van der Waals surface area (Å²) in [6.07, 6.45) is 0. The average molecular weight is 464 g/mol. The molecule has 0 bridgehead atoms. The second-order valence-electron chi connectivity index (χ2n) is 8.77. The van der Waals surface area contributed by atoms with Crippen molar-refractivity contribution in [2.24, 2.45) is 0 Å². The smallest absolute Gasteiger partial charge is 0.345 e. The average Bonchev–Trinajstić information content (AvgIpc) is 3.08. The summed E-state index contributed by atoms with van der Waals surface area (Å²) in [6.45, 7) is 9.55. The Labute approximate surface area is 196 Å².